The Balaban J connectivity index is 2.27. The van der Waals surface area contributed by atoms with E-state index in [9.17, 15) is 9.59 Å². The molecular weight excluding hydrogens is 232 g/mol. The Morgan fingerprint density at radius 1 is 1.22 bits per heavy atom. The molecule has 18 heavy (non-hydrogen) atoms. The van der Waals surface area contributed by atoms with E-state index < -0.39 is 0 Å². The van der Waals surface area contributed by atoms with Crippen LogP contribution in [0, 0.1) is 0 Å². The van der Waals surface area contributed by atoms with E-state index in [1.165, 1.54) is 12.8 Å². The summed E-state index contributed by atoms with van der Waals surface area (Å²) in [7, 11) is 0. The summed E-state index contributed by atoms with van der Waals surface area (Å²) in [5.74, 6) is 4.59. The Hall–Kier alpha value is -1.14. The summed E-state index contributed by atoms with van der Waals surface area (Å²) in [6, 6.07) is 0.487. The molecule has 6 heteroatoms. The number of amides is 2. The molecule has 1 aliphatic rings. The standard InChI is InChI=1S/C12H24N4O2/c13-11(17)9-16(10-5-1-2-6-10)8-4-3-7-12(18)15-14/h10H,1-9,14H2,(H2,13,17)(H,15,18). The molecule has 1 rings (SSSR count). The van der Waals surface area contributed by atoms with Crippen molar-refractivity contribution in [2.75, 3.05) is 13.1 Å². The van der Waals surface area contributed by atoms with Gasteiger partial charge in [0.2, 0.25) is 11.8 Å². The lowest BCUT2D eigenvalue weighted by Crippen LogP contribution is -2.40. The molecule has 0 heterocycles. The zero-order chi connectivity index (χ0) is 13.4. The fourth-order valence-electron chi connectivity index (χ4n) is 2.53. The van der Waals surface area contributed by atoms with E-state index in [1.807, 2.05) is 0 Å². The summed E-state index contributed by atoms with van der Waals surface area (Å²) in [6.45, 7) is 1.15. The molecule has 1 aliphatic carbocycles. The number of hydrazine groups is 1. The third-order valence-corrected chi connectivity index (χ3v) is 3.46. The van der Waals surface area contributed by atoms with Crippen LogP contribution in [0.15, 0.2) is 0 Å². The monoisotopic (exact) mass is 256 g/mol. The highest BCUT2D eigenvalue weighted by Crippen LogP contribution is 2.23. The Labute approximate surface area is 108 Å². The minimum Gasteiger partial charge on any atom is -0.369 e. The van der Waals surface area contributed by atoms with Crippen molar-refractivity contribution in [2.24, 2.45) is 11.6 Å². The van der Waals surface area contributed by atoms with Crippen LogP contribution in [0.25, 0.3) is 0 Å². The van der Waals surface area contributed by atoms with Crippen molar-refractivity contribution in [2.45, 2.75) is 51.0 Å². The third kappa shape index (κ3) is 5.46. The lowest BCUT2D eigenvalue weighted by molar-refractivity contribution is -0.122. The van der Waals surface area contributed by atoms with Gasteiger partial charge in [0, 0.05) is 12.5 Å². The van der Waals surface area contributed by atoms with Gasteiger partial charge in [-0.2, -0.15) is 0 Å². The highest BCUT2D eigenvalue weighted by atomic mass is 16.2. The maximum atomic E-state index is 11.1. The number of nitrogens with two attached hydrogens (primary N) is 2. The van der Waals surface area contributed by atoms with Crippen LogP contribution < -0.4 is 17.0 Å². The molecule has 0 bridgehead atoms. The van der Waals surface area contributed by atoms with Gasteiger partial charge in [-0.1, -0.05) is 12.8 Å². The molecule has 1 saturated carbocycles. The van der Waals surface area contributed by atoms with Gasteiger partial charge in [-0.25, -0.2) is 5.84 Å². The second-order valence-electron chi connectivity index (χ2n) is 4.90. The van der Waals surface area contributed by atoms with Gasteiger partial charge in [0.15, 0.2) is 0 Å². The van der Waals surface area contributed by atoms with Crippen molar-refractivity contribution >= 4 is 11.8 Å². The van der Waals surface area contributed by atoms with Gasteiger partial charge in [-0.15, -0.1) is 0 Å². The quantitative estimate of drug-likeness (QED) is 0.244. The van der Waals surface area contributed by atoms with Crippen LogP contribution in [0.2, 0.25) is 0 Å². The number of nitrogens with zero attached hydrogens (tertiary/aromatic N) is 1. The first-order valence-electron chi connectivity index (χ1n) is 6.65. The van der Waals surface area contributed by atoms with Crippen molar-refractivity contribution < 1.29 is 9.59 Å². The van der Waals surface area contributed by atoms with Crippen LogP contribution in [0.5, 0.6) is 0 Å². The van der Waals surface area contributed by atoms with Gasteiger partial charge < -0.3 is 5.73 Å². The summed E-state index contributed by atoms with van der Waals surface area (Å²) in [4.78, 5) is 24.2. The summed E-state index contributed by atoms with van der Waals surface area (Å²) in [5.41, 5.74) is 7.39. The normalized spacial score (nSPS) is 16.1. The first-order chi connectivity index (χ1) is 8.63. The van der Waals surface area contributed by atoms with E-state index in [0.29, 0.717) is 19.0 Å². The summed E-state index contributed by atoms with van der Waals surface area (Å²) >= 11 is 0. The first-order valence-corrected chi connectivity index (χ1v) is 6.65. The number of carbonyl (C=O) groups is 2. The molecule has 0 aromatic carbocycles. The Kier molecular flexibility index (Phi) is 6.67. The lowest BCUT2D eigenvalue weighted by Gasteiger charge is -2.27. The van der Waals surface area contributed by atoms with Crippen molar-refractivity contribution in [3.63, 3.8) is 0 Å². The molecule has 0 unspecified atom stereocenters. The van der Waals surface area contributed by atoms with E-state index in [2.05, 4.69) is 10.3 Å². The van der Waals surface area contributed by atoms with E-state index in [4.69, 9.17) is 11.6 Å². The minimum absolute atomic E-state index is 0.141. The van der Waals surface area contributed by atoms with E-state index in [-0.39, 0.29) is 11.8 Å². The third-order valence-electron chi connectivity index (χ3n) is 3.46. The number of hydrogen-bond donors (Lipinski definition) is 3. The average molecular weight is 256 g/mol. The van der Waals surface area contributed by atoms with Crippen molar-refractivity contribution in [1.82, 2.24) is 10.3 Å². The topological polar surface area (TPSA) is 101 Å². The molecule has 6 nitrogen and oxygen atoms in total. The van der Waals surface area contributed by atoms with Crippen LogP contribution in [0.3, 0.4) is 0 Å². The van der Waals surface area contributed by atoms with Crippen LogP contribution in [-0.2, 0) is 9.59 Å². The fourth-order valence-corrected chi connectivity index (χ4v) is 2.53. The molecule has 0 spiro atoms. The van der Waals surface area contributed by atoms with Crippen LogP contribution >= 0.6 is 0 Å². The van der Waals surface area contributed by atoms with Crippen molar-refractivity contribution in [3.05, 3.63) is 0 Å². The first kappa shape index (κ1) is 14.9. The van der Waals surface area contributed by atoms with Gasteiger partial charge in [0.1, 0.15) is 0 Å². The molecule has 0 atom stereocenters. The van der Waals surface area contributed by atoms with E-state index in [0.717, 1.165) is 32.2 Å². The molecule has 0 aromatic heterocycles. The lowest BCUT2D eigenvalue weighted by atomic mass is 10.1. The van der Waals surface area contributed by atoms with E-state index in [1.54, 1.807) is 0 Å². The number of hydrogen-bond acceptors (Lipinski definition) is 4. The van der Waals surface area contributed by atoms with E-state index >= 15 is 0 Å². The predicted molar refractivity (Wildman–Crippen MR) is 69.2 cm³/mol. The van der Waals surface area contributed by atoms with Gasteiger partial charge >= 0.3 is 0 Å². The molecule has 0 aromatic rings. The fraction of sp³-hybridized carbons (Fsp3) is 0.833. The smallest absolute Gasteiger partial charge is 0.233 e. The highest BCUT2D eigenvalue weighted by molar-refractivity contribution is 5.76. The van der Waals surface area contributed by atoms with Gasteiger partial charge in [-0.05, 0) is 32.2 Å². The molecular formula is C12H24N4O2. The Morgan fingerprint density at radius 2 is 1.89 bits per heavy atom. The van der Waals surface area contributed by atoms with Gasteiger partial charge in [0.25, 0.3) is 0 Å². The minimum atomic E-state index is -0.276. The molecule has 0 saturated heterocycles. The average Bonchev–Trinajstić information content (AvgIpc) is 2.85. The largest absolute Gasteiger partial charge is 0.369 e. The molecule has 2 amide bonds. The maximum absolute atomic E-state index is 11.1. The second kappa shape index (κ2) is 8.05. The molecule has 0 radical (unpaired) electrons. The summed E-state index contributed by atoms with van der Waals surface area (Å²) in [6.07, 6.45) is 6.87. The van der Waals surface area contributed by atoms with Gasteiger partial charge in [-0.3, -0.25) is 19.9 Å². The zero-order valence-corrected chi connectivity index (χ0v) is 10.9. The highest BCUT2D eigenvalue weighted by Gasteiger charge is 2.23. The summed E-state index contributed by atoms with van der Waals surface area (Å²) in [5, 5.41) is 0. The number of nitrogens with one attached hydrogen (secondary N) is 1. The predicted octanol–water partition coefficient (Wildman–Crippen LogP) is -0.123. The number of rotatable bonds is 8. The van der Waals surface area contributed by atoms with Crippen molar-refractivity contribution in [1.29, 1.82) is 0 Å². The van der Waals surface area contributed by atoms with Crippen molar-refractivity contribution in [3.8, 4) is 0 Å². The van der Waals surface area contributed by atoms with Crippen LogP contribution in [0.1, 0.15) is 44.9 Å². The molecule has 104 valence electrons. The van der Waals surface area contributed by atoms with Crippen LogP contribution in [0.4, 0.5) is 0 Å². The SMILES string of the molecule is NNC(=O)CCCCN(CC(N)=O)C1CCCC1. The molecule has 5 N–H and O–H groups in total. The summed E-state index contributed by atoms with van der Waals surface area (Å²) < 4.78 is 0. The zero-order valence-electron chi connectivity index (χ0n) is 10.9. The Bertz CT molecular complexity index is 277. The maximum Gasteiger partial charge on any atom is 0.233 e. The number of primary amides is 1. The molecule has 0 aliphatic heterocycles. The van der Waals surface area contributed by atoms with Gasteiger partial charge in [0.05, 0.1) is 6.54 Å². The number of unbranched alkanes of at least 4 members (excludes halogenated alkanes) is 1. The number of carbonyl (C=O) groups excluding carboxylic acids is 2. The molecule has 1 fully saturated rings. The van der Waals surface area contributed by atoms with Crippen LogP contribution in [-0.4, -0.2) is 35.8 Å². The Morgan fingerprint density at radius 3 is 2.44 bits per heavy atom. The second-order valence-corrected chi connectivity index (χ2v) is 4.90.